The van der Waals surface area contributed by atoms with Gasteiger partial charge in [0.25, 0.3) is 0 Å². The highest BCUT2D eigenvalue weighted by Gasteiger charge is 2.41. The Morgan fingerprint density at radius 2 is 1.63 bits per heavy atom. The summed E-state index contributed by atoms with van der Waals surface area (Å²) in [6.07, 6.45) is -9.45. The van der Waals surface area contributed by atoms with Gasteiger partial charge in [-0.2, -0.15) is 26.3 Å². The molecule has 0 N–H and O–H groups in total. The van der Waals surface area contributed by atoms with E-state index in [-0.39, 0.29) is 27.8 Å². The molecule has 1 unspecified atom stereocenters. The van der Waals surface area contributed by atoms with E-state index in [1.807, 2.05) is 0 Å². The van der Waals surface area contributed by atoms with Crippen molar-refractivity contribution in [1.29, 1.82) is 0 Å². The van der Waals surface area contributed by atoms with E-state index in [1.54, 1.807) is 0 Å². The van der Waals surface area contributed by atoms with E-state index in [1.165, 1.54) is 18.2 Å². The zero-order valence-corrected chi connectivity index (χ0v) is 14.5. The quantitative estimate of drug-likeness (QED) is 0.473. The van der Waals surface area contributed by atoms with Gasteiger partial charge in [0.1, 0.15) is 17.2 Å². The van der Waals surface area contributed by atoms with Gasteiger partial charge in [0.05, 0.1) is 15.6 Å². The Labute approximate surface area is 158 Å². The van der Waals surface area contributed by atoms with Crippen molar-refractivity contribution in [2.24, 2.45) is 0 Å². The number of hydrogen-bond donors (Lipinski definition) is 0. The highest BCUT2D eigenvalue weighted by atomic mass is 35.5. The average Bonchev–Trinajstić information content (AvgIpc) is 2.55. The van der Waals surface area contributed by atoms with E-state index >= 15 is 0 Å². The molecule has 1 atom stereocenters. The number of ether oxygens (including phenoxy) is 2. The molecule has 27 heavy (non-hydrogen) atoms. The van der Waals surface area contributed by atoms with Crippen LogP contribution in [0.3, 0.4) is 0 Å². The topological polar surface area (TPSA) is 18.5 Å². The van der Waals surface area contributed by atoms with Crippen LogP contribution in [0.15, 0.2) is 36.4 Å². The van der Waals surface area contributed by atoms with Crippen LogP contribution < -0.4 is 9.47 Å². The van der Waals surface area contributed by atoms with E-state index in [0.29, 0.717) is 6.07 Å². The van der Waals surface area contributed by atoms with E-state index < -0.39 is 29.0 Å². The van der Waals surface area contributed by atoms with Crippen molar-refractivity contribution in [3.63, 3.8) is 0 Å². The van der Waals surface area contributed by atoms with Gasteiger partial charge < -0.3 is 9.47 Å². The van der Waals surface area contributed by atoms with E-state index in [4.69, 9.17) is 32.7 Å². The molecule has 10 heteroatoms. The molecule has 3 rings (SSSR count). The van der Waals surface area contributed by atoms with E-state index in [2.05, 4.69) is 0 Å². The Bertz CT molecular complexity index is 906. The molecule has 0 radical (unpaired) electrons. The summed E-state index contributed by atoms with van der Waals surface area (Å²) < 4.78 is 87.4. The lowest BCUT2D eigenvalue weighted by Crippen LogP contribution is -2.33. The molecule has 1 aliphatic heterocycles. The minimum atomic E-state index is -4.70. The van der Waals surface area contributed by atoms with Crippen LogP contribution in [0.25, 0.3) is 6.08 Å². The molecule has 0 aromatic heterocycles. The maximum atomic E-state index is 12.9. The zero-order chi connectivity index (χ0) is 20.0. The molecule has 0 saturated carbocycles. The number of rotatable bonds is 2. The van der Waals surface area contributed by atoms with Gasteiger partial charge in [0, 0.05) is 11.6 Å². The Kier molecular flexibility index (Phi) is 4.98. The van der Waals surface area contributed by atoms with Gasteiger partial charge in [-0.15, -0.1) is 0 Å². The molecule has 0 fully saturated rings. The summed E-state index contributed by atoms with van der Waals surface area (Å²) in [4.78, 5) is 0. The first-order valence-electron chi connectivity index (χ1n) is 7.25. The molecule has 0 aliphatic carbocycles. The van der Waals surface area contributed by atoms with Gasteiger partial charge in [0.15, 0.2) is 0 Å². The average molecular weight is 429 g/mol. The molecule has 144 valence electrons. The van der Waals surface area contributed by atoms with Crippen LogP contribution in [-0.4, -0.2) is 12.3 Å². The zero-order valence-electron chi connectivity index (χ0n) is 13.0. The summed E-state index contributed by atoms with van der Waals surface area (Å²) in [5.74, 6) is -0.571. The van der Waals surface area contributed by atoms with Gasteiger partial charge in [0.2, 0.25) is 6.10 Å². The monoisotopic (exact) mass is 428 g/mol. The van der Waals surface area contributed by atoms with Crippen molar-refractivity contribution < 1.29 is 35.8 Å². The number of alkyl halides is 6. The second-order valence-corrected chi connectivity index (χ2v) is 6.32. The summed E-state index contributed by atoms with van der Waals surface area (Å²) in [5.41, 5.74) is -0.841. The molecule has 0 saturated heterocycles. The standard InChI is InChI=1S/C17H8Cl2F6O2/c18-11-3-2-9(6-10(11)16(20,21)22)26-14-7-13-8(5-12(14)19)1-4-15(27-13)17(23,24)25/h1-7,15H. The first kappa shape index (κ1) is 19.7. The number of hydrogen-bond acceptors (Lipinski definition) is 2. The molecule has 0 spiro atoms. The summed E-state index contributed by atoms with van der Waals surface area (Å²) in [7, 11) is 0. The molecule has 0 amide bonds. The Morgan fingerprint density at radius 1 is 0.926 bits per heavy atom. The van der Waals surface area contributed by atoms with Gasteiger partial charge in [-0.1, -0.05) is 29.3 Å². The largest absolute Gasteiger partial charge is 0.476 e. The van der Waals surface area contributed by atoms with Crippen molar-refractivity contribution >= 4 is 29.3 Å². The molecule has 2 nitrogen and oxygen atoms in total. The van der Waals surface area contributed by atoms with E-state index in [9.17, 15) is 26.3 Å². The molecule has 1 heterocycles. The van der Waals surface area contributed by atoms with Gasteiger partial charge >= 0.3 is 12.4 Å². The van der Waals surface area contributed by atoms with E-state index in [0.717, 1.165) is 18.2 Å². The summed E-state index contributed by atoms with van der Waals surface area (Å²) in [6.45, 7) is 0. The van der Waals surface area contributed by atoms with Crippen LogP contribution in [0.2, 0.25) is 10.0 Å². The van der Waals surface area contributed by atoms with Crippen LogP contribution in [0.1, 0.15) is 11.1 Å². The Balaban J connectivity index is 1.93. The van der Waals surface area contributed by atoms with Crippen LogP contribution in [-0.2, 0) is 6.18 Å². The maximum Gasteiger partial charge on any atom is 0.429 e. The highest BCUT2D eigenvalue weighted by Crippen LogP contribution is 2.42. The Hall–Kier alpha value is -2.06. The summed E-state index contributed by atoms with van der Waals surface area (Å²) in [5, 5.41) is -0.538. The van der Waals surface area contributed by atoms with Crippen LogP contribution >= 0.6 is 23.2 Å². The molecule has 0 bridgehead atoms. The number of halogens is 8. The third kappa shape index (κ3) is 4.27. The fourth-order valence-electron chi connectivity index (χ4n) is 2.32. The first-order valence-corrected chi connectivity index (χ1v) is 8.00. The van der Waals surface area contributed by atoms with Crippen molar-refractivity contribution in [2.45, 2.75) is 18.5 Å². The van der Waals surface area contributed by atoms with Gasteiger partial charge in [-0.25, -0.2) is 0 Å². The fraction of sp³-hybridized carbons (Fsp3) is 0.176. The lowest BCUT2D eigenvalue weighted by atomic mass is 10.1. The normalized spacial score (nSPS) is 16.7. The number of benzene rings is 2. The predicted octanol–water partition coefficient (Wildman–Crippen LogP) is 7.14. The molecule has 1 aliphatic rings. The summed E-state index contributed by atoms with van der Waals surface area (Å²) in [6, 6.07) is 5.20. The third-order valence-electron chi connectivity index (χ3n) is 3.56. The Morgan fingerprint density at radius 3 is 2.26 bits per heavy atom. The second kappa shape index (κ2) is 6.83. The minimum Gasteiger partial charge on any atom is -0.476 e. The lowest BCUT2D eigenvalue weighted by Gasteiger charge is -2.24. The maximum absolute atomic E-state index is 12.9. The van der Waals surface area contributed by atoms with Crippen LogP contribution in [0.5, 0.6) is 17.2 Å². The van der Waals surface area contributed by atoms with Crippen molar-refractivity contribution in [1.82, 2.24) is 0 Å². The first-order chi connectivity index (χ1) is 12.4. The van der Waals surface area contributed by atoms with Crippen molar-refractivity contribution in [3.8, 4) is 17.2 Å². The molecule has 2 aromatic rings. The smallest absolute Gasteiger partial charge is 0.429 e. The van der Waals surface area contributed by atoms with Crippen LogP contribution in [0, 0.1) is 0 Å². The highest BCUT2D eigenvalue weighted by molar-refractivity contribution is 6.32. The van der Waals surface area contributed by atoms with Crippen molar-refractivity contribution in [2.75, 3.05) is 0 Å². The lowest BCUT2D eigenvalue weighted by molar-refractivity contribution is -0.180. The predicted molar refractivity (Wildman–Crippen MR) is 87.5 cm³/mol. The summed E-state index contributed by atoms with van der Waals surface area (Å²) >= 11 is 11.5. The molecule has 2 aromatic carbocycles. The number of fused-ring (bicyclic) bond motifs is 1. The van der Waals surface area contributed by atoms with Crippen LogP contribution in [0.4, 0.5) is 26.3 Å². The third-order valence-corrected chi connectivity index (χ3v) is 4.19. The minimum absolute atomic E-state index is 0.0176. The molecular formula is C17H8Cl2F6O2. The second-order valence-electron chi connectivity index (χ2n) is 5.50. The van der Waals surface area contributed by atoms with Crippen molar-refractivity contribution in [3.05, 3.63) is 57.6 Å². The fourth-order valence-corrected chi connectivity index (χ4v) is 2.75. The molecular weight excluding hydrogens is 421 g/mol. The van der Waals surface area contributed by atoms with Gasteiger partial charge in [-0.05, 0) is 30.3 Å². The SMILES string of the molecule is FC(F)(F)c1cc(Oc2cc3c(cc2Cl)C=CC(C(F)(F)F)O3)ccc1Cl. The van der Waals surface area contributed by atoms with Gasteiger partial charge in [-0.3, -0.25) is 0 Å².